The largest absolute Gasteiger partial charge is 0.508 e. The summed E-state index contributed by atoms with van der Waals surface area (Å²) in [5.41, 5.74) is 0.934. The van der Waals surface area contributed by atoms with Gasteiger partial charge < -0.3 is 15.5 Å². The van der Waals surface area contributed by atoms with Crippen molar-refractivity contribution in [3.8, 4) is 11.5 Å². The molecule has 0 spiro atoms. The molecule has 2 aromatic rings. The molecule has 112 valence electrons. The van der Waals surface area contributed by atoms with Gasteiger partial charge in [-0.15, -0.1) is 0 Å². The van der Waals surface area contributed by atoms with Gasteiger partial charge in [-0.25, -0.2) is 8.78 Å². The molecule has 0 saturated heterocycles. The highest BCUT2D eigenvalue weighted by atomic mass is 19.1. The van der Waals surface area contributed by atoms with Gasteiger partial charge in [-0.1, -0.05) is 12.1 Å². The van der Waals surface area contributed by atoms with E-state index in [-0.39, 0.29) is 23.6 Å². The molecule has 0 aromatic heterocycles. The van der Waals surface area contributed by atoms with E-state index >= 15 is 0 Å². The zero-order chi connectivity index (χ0) is 15.6. The highest BCUT2D eigenvalue weighted by Gasteiger charge is 2.17. The molecule has 0 radical (unpaired) electrons. The first-order chi connectivity index (χ1) is 9.88. The number of hydrogen-bond acceptors (Lipinski definition) is 3. The second-order valence-electron chi connectivity index (χ2n) is 5.02. The van der Waals surface area contributed by atoms with Gasteiger partial charge in [0, 0.05) is 35.3 Å². The van der Waals surface area contributed by atoms with Crippen LogP contribution < -0.4 is 5.32 Å². The van der Waals surface area contributed by atoms with Crippen LogP contribution in [0.3, 0.4) is 0 Å². The molecule has 3 nitrogen and oxygen atoms in total. The summed E-state index contributed by atoms with van der Waals surface area (Å²) >= 11 is 0. The smallest absolute Gasteiger partial charge is 0.130 e. The average molecular weight is 293 g/mol. The van der Waals surface area contributed by atoms with Crippen molar-refractivity contribution >= 4 is 0 Å². The summed E-state index contributed by atoms with van der Waals surface area (Å²) in [4.78, 5) is 0. The summed E-state index contributed by atoms with van der Waals surface area (Å²) in [6.07, 6.45) is 0. The zero-order valence-electron chi connectivity index (χ0n) is 11.8. The van der Waals surface area contributed by atoms with Gasteiger partial charge in [-0.2, -0.15) is 0 Å². The van der Waals surface area contributed by atoms with E-state index in [2.05, 4.69) is 5.32 Å². The number of phenolic OH excluding ortho intramolecular Hbond substituents is 2. The third kappa shape index (κ3) is 3.49. The van der Waals surface area contributed by atoms with Gasteiger partial charge in [0.05, 0.1) is 0 Å². The molecule has 0 aliphatic carbocycles. The number of hydrogen-bond donors (Lipinski definition) is 3. The Morgan fingerprint density at radius 3 is 2.14 bits per heavy atom. The first-order valence-corrected chi connectivity index (χ1v) is 6.61. The van der Waals surface area contributed by atoms with Crippen LogP contribution in [-0.2, 0) is 0 Å². The Hall–Kier alpha value is -2.14. The van der Waals surface area contributed by atoms with E-state index in [1.807, 2.05) is 6.92 Å². The molecule has 0 aliphatic heterocycles. The number of nitrogens with one attached hydrogen (secondary N) is 1. The minimum absolute atomic E-state index is 0.0268. The molecular weight excluding hydrogens is 276 g/mol. The van der Waals surface area contributed by atoms with E-state index in [0.29, 0.717) is 11.1 Å². The van der Waals surface area contributed by atoms with Crippen LogP contribution in [-0.4, -0.2) is 10.2 Å². The molecule has 3 N–H and O–H groups in total. The van der Waals surface area contributed by atoms with Gasteiger partial charge in [0.15, 0.2) is 0 Å². The van der Waals surface area contributed by atoms with E-state index in [4.69, 9.17) is 0 Å². The van der Waals surface area contributed by atoms with Crippen LogP contribution in [0.25, 0.3) is 0 Å². The fourth-order valence-electron chi connectivity index (χ4n) is 2.31. The topological polar surface area (TPSA) is 52.5 Å². The summed E-state index contributed by atoms with van der Waals surface area (Å²) in [7, 11) is 0. The average Bonchev–Trinajstić information content (AvgIpc) is 2.37. The molecule has 0 amide bonds. The number of benzene rings is 2. The fraction of sp³-hybridized carbons (Fsp3) is 0.250. The normalized spacial score (nSPS) is 13.9. The molecule has 0 bridgehead atoms. The molecule has 0 aliphatic rings. The van der Waals surface area contributed by atoms with Crippen LogP contribution in [0, 0.1) is 11.6 Å². The predicted molar refractivity (Wildman–Crippen MR) is 76.1 cm³/mol. The molecule has 2 rings (SSSR count). The van der Waals surface area contributed by atoms with E-state index in [0.717, 1.165) is 6.07 Å². The van der Waals surface area contributed by atoms with Gasteiger partial charge in [0.25, 0.3) is 0 Å². The Morgan fingerprint density at radius 1 is 0.905 bits per heavy atom. The Labute approximate surface area is 121 Å². The lowest BCUT2D eigenvalue weighted by Gasteiger charge is -2.22. The lowest BCUT2D eigenvalue weighted by Crippen LogP contribution is -2.23. The second kappa shape index (κ2) is 6.10. The van der Waals surface area contributed by atoms with Crippen molar-refractivity contribution in [3.05, 3.63) is 59.2 Å². The molecular formula is C16H17F2NO2. The van der Waals surface area contributed by atoms with E-state index in [1.54, 1.807) is 13.0 Å². The summed E-state index contributed by atoms with van der Waals surface area (Å²) < 4.78 is 26.6. The predicted octanol–water partition coefficient (Wildman–Crippen LogP) is 3.79. The second-order valence-corrected chi connectivity index (χ2v) is 5.02. The minimum Gasteiger partial charge on any atom is -0.508 e. The van der Waals surface area contributed by atoms with Gasteiger partial charge in [-0.05, 0) is 26.0 Å². The highest BCUT2D eigenvalue weighted by Crippen LogP contribution is 2.29. The standard InChI is InChI=1S/C16H17F2NO2/c1-9(13-5-3-11(17)7-15(13)18)19-10(2)14-6-4-12(20)8-16(14)21/h3-10,19-21H,1-2H3. The van der Waals surface area contributed by atoms with Gasteiger partial charge >= 0.3 is 0 Å². The van der Waals surface area contributed by atoms with Crippen molar-refractivity contribution in [2.75, 3.05) is 0 Å². The summed E-state index contributed by atoms with van der Waals surface area (Å²) in [5, 5.41) is 22.2. The van der Waals surface area contributed by atoms with Crippen molar-refractivity contribution < 1.29 is 19.0 Å². The van der Waals surface area contributed by atoms with Crippen LogP contribution in [0.2, 0.25) is 0 Å². The number of rotatable bonds is 4. The van der Waals surface area contributed by atoms with Crippen molar-refractivity contribution in [1.29, 1.82) is 0 Å². The maximum atomic E-state index is 13.7. The number of phenols is 2. The highest BCUT2D eigenvalue weighted by molar-refractivity contribution is 5.40. The number of aromatic hydroxyl groups is 2. The minimum atomic E-state index is -0.618. The molecule has 2 atom stereocenters. The first-order valence-electron chi connectivity index (χ1n) is 6.61. The Morgan fingerprint density at radius 2 is 1.52 bits per heavy atom. The molecule has 0 fully saturated rings. The molecule has 5 heteroatoms. The van der Waals surface area contributed by atoms with Gasteiger partial charge in [-0.3, -0.25) is 0 Å². The third-order valence-electron chi connectivity index (χ3n) is 3.41. The van der Waals surface area contributed by atoms with Crippen molar-refractivity contribution in [3.63, 3.8) is 0 Å². The monoisotopic (exact) mass is 293 g/mol. The van der Waals surface area contributed by atoms with Crippen molar-refractivity contribution in [1.82, 2.24) is 5.32 Å². The summed E-state index contributed by atoms with van der Waals surface area (Å²) in [5.74, 6) is -1.30. The van der Waals surface area contributed by atoms with Gasteiger partial charge in [0.2, 0.25) is 0 Å². The van der Waals surface area contributed by atoms with Crippen LogP contribution in [0.4, 0.5) is 8.78 Å². The Balaban J connectivity index is 2.16. The van der Waals surface area contributed by atoms with E-state index in [9.17, 15) is 19.0 Å². The van der Waals surface area contributed by atoms with Crippen molar-refractivity contribution in [2.24, 2.45) is 0 Å². The zero-order valence-corrected chi connectivity index (χ0v) is 11.8. The van der Waals surface area contributed by atoms with Crippen LogP contribution in [0.1, 0.15) is 37.1 Å². The fourth-order valence-corrected chi connectivity index (χ4v) is 2.31. The van der Waals surface area contributed by atoms with Crippen LogP contribution >= 0.6 is 0 Å². The molecule has 2 unspecified atom stereocenters. The van der Waals surface area contributed by atoms with Crippen LogP contribution in [0.5, 0.6) is 11.5 Å². The molecule has 21 heavy (non-hydrogen) atoms. The van der Waals surface area contributed by atoms with E-state index < -0.39 is 11.6 Å². The van der Waals surface area contributed by atoms with E-state index in [1.165, 1.54) is 24.3 Å². The third-order valence-corrected chi connectivity index (χ3v) is 3.41. The van der Waals surface area contributed by atoms with Gasteiger partial charge in [0.1, 0.15) is 23.1 Å². The maximum Gasteiger partial charge on any atom is 0.130 e. The first kappa shape index (κ1) is 15.3. The number of halogens is 2. The lowest BCUT2D eigenvalue weighted by atomic mass is 10.0. The molecule has 0 saturated carbocycles. The van der Waals surface area contributed by atoms with Crippen molar-refractivity contribution in [2.45, 2.75) is 25.9 Å². The Bertz CT molecular complexity index is 591. The molecule has 0 heterocycles. The lowest BCUT2D eigenvalue weighted by molar-refractivity contribution is 0.423. The SMILES string of the molecule is CC(NC(C)c1ccc(F)cc1F)c1ccc(O)cc1O. The Kier molecular flexibility index (Phi) is 4.43. The quantitative estimate of drug-likeness (QED) is 0.804. The summed E-state index contributed by atoms with van der Waals surface area (Å²) in [6, 6.07) is 7.11. The van der Waals surface area contributed by atoms with Crippen LogP contribution in [0.15, 0.2) is 36.4 Å². The maximum absolute atomic E-state index is 13.7. The molecule has 2 aromatic carbocycles. The summed E-state index contributed by atoms with van der Waals surface area (Å²) in [6.45, 7) is 3.56.